The highest BCUT2D eigenvalue weighted by molar-refractivity contribution is 7.13. The third-order valence-electron chi connectivity index (χ3n) is 3.52. The molecule has 6 nitrogen and oxygen atoms in total. The Hall–Kier alpha value is -2.41. The number of thiazole rings is 1. The summed E-state index contributed by atoms with van der Waals surface area (Å²) >= 11 is 1.60. The average molecular weight is 361 g/mol. The third-order valence-corrected chi connectivity index (χ3v) is 4.41. The van der Waals surface area contributed by atoms with E-state index in [1.54, 1.807) is 30.4 Å². The molecule has 0 saturated carbocycles. The molecule has 1 heterocycles. The Labute approximate surface area is 151 Å². The van der Waals surface area contributed by atoms with Gasteiger partial charge in [0.25, 0.3) is 5.91 Å². The van der Waals surface area contributed by atoms with Crippen molar-refractivity contribution in [1.29, 1.82) is 0 Å². The Morgan fingerprint density at radius 2 is 1.84 bits per heavy atom. The van der Waals surface area contributed by atoms with Gasteiger partial charge < -0.3 is 10.1 Å². The Balaban J connectivity index is 2.03. The van der Waals surface area contributed by atoms with Crippen LogP contribution < -0.4 is 15.4 Å². The Morgan fingerprint density at radius 1 is 1.20 bits per heavy atom. The number of nitrogens with one attached hydrogen (secondary N) is 2. The molecule has 25 heavy (non-hydrogen) atoms. The first kappa shape index (κ1) is 18.9. The summed E-state index contributed by atoms with van der Waals surface area (Å²) in [6, 6.07) is 6.83. The minimum Gasteiger partial charge on any atom is -0.481 e. The van der Waals surface area contributed by atoms with Gasteiger partial charge in [-0.15, -0.1) is 11.3 Å². The fraction of sp³-hybridized carbons (Fsp3) is 0.389. The molecule has 0 fully saturated rings. The number of carbonyl (C=O) groups excluding carboxylic acids is 2. The van der Waals surface area contributed by atoms with E-state index < -0.39 is 18.0 Å². The summed E-state index contributed by atoms with van der Waals surface area (Å²) in [6.45, 7) is 7.98. The van der Waals surface area contributed by atoms with E-state index in [2.05, 4.69) is 41.8 Å². The van der Waals surface area contributed by atoms with Crippen LogP contribution in [0, 0.1) is 0 Å². The molecule has 0 spiro atoms. The lowest BCUT2D eigenvalue weighted by Gasteiger charge is -2.14. The molecule has 0 bridgehead atoms. The first-order chi connectivity index (χ1) is 11.7. The number of aromatic nitrogens is 1. The number of imide groups is 1. The van der Waals surface area contributed by atoms with E-state index in [1.807, 2.05) is 12.1 Å². The molecule has 1 aromatic carbocycles. The summed E-state index contributed by atoms with van der Waals surface area (Å²) in [5.41, 5.74) is 2.08. The van der Waals surface area contributed by atoms with Crippen molar-refractivity contribution in [2.45, 2.75) is 39.2 Å². The van der Waals surface area contributed by atoms with E-state index in [-0.39, 0.29) is 5.41 Å². The molecule has 0 aliphatic rings. The van der Waals surface area contributed by atoms with Crippen LogP contribution in [0.2, 0.25) is 0 Å². The van der Waals surface area contributed by atoms with E-state index in [0.717, 1.165) is 16.3 Å². The van der Waals surface area contributed by atoms with Crippen molar-refractivity contribution >= 4 is 23.3 Å². The van der Waals surface area contributed by atoms with Gasteiger partial charge in [-0.25, -0.2) is 9.78 Å². The van der Waals surface area contributed by atoms with Crippen molar-refractivity contribution in [2.24, 2.45) is 0 Å². The molecule has 0 radical (unpaired) electrons. The molecule has 0 unspecified atom stereocenters. The standard InChI is InChI=1S/C18H23N3O3S/c1-11(15(22)21-17(23)19-5)24-13-8-6-12(7-9-13)16-20-14(10-25-16)18(2,3)4/h6-11H,1-5H3,(H2,19,21,22,23)/t11-/m1/s1. The monoisotopic (exact) mass is 361 g/mol. The van der Waals surface area contributed by atoms with E-state index in [9.17, 15) is 9.59 Å². The van der Waals surface area contributed by atoms with Gasteiger partial charge in [-0.2, -0.15) is 0 Å². The molecular formula is C18H23N3O3S. The molecule has 2 rings (SSSR count). The Morgan fingerprint density at radius 3 is 2.36 bits per heavy atom. The minimum absolute atomic E-state index is 0.0192. The van der Waals surface area contributed by atoms with Gasteiger partial charge in [0.1, 0.15) is 10.8 Å². The van der Waals surface area contributed by atoms with E-state index in [0.29, 0.717) is 5.75 Å². The number of urea groups is 1. The van der Waals surface area contributed by atoms with Gasteiger partial charge in [-0.1, -0.05) is 20.8 Å². The van der Waals surface area contributed by atoms with Crippen LogP contribution in [0.4, 0.5) is 4.79 Å². The van der Waals surface area contributed by atoms with Gasteiger partial charge in [0, 0.05) is 23.4 Å². The highest BCUT2D eigenvalue weighted by Gasteiger charge is 2.19. The lowest BCUT2D eigenvalue weighted by atomic mass is 9.93. The van der Waals surface area contributed by atoms with Crippen molar-refractivity contribution in [1.82, 2.24) is 15.6 Å². The summed E-state index contributed by atoms with van der Waals surface area (Å²) in [7, 11) is 1.44. The highest BCUT2D eigenvalue weighted by Crippen LogP contribution is 2.30. The number of benzene rings is 1. The second-order valence-corrected chi connectivity index (χ2v) is 7.50. The van der Waals surface area contributed by atoms with Gasteiger partial charge in [0.2, 0.25) is 0 Å². The molecule has 3 amide bonds. The minimum atomic E-state index is -0.782. The van der Waals surface area contributed by atoms with E-state index >= 15 is 0 Å². The lowest BCUT2D eigenvalue weighted by molar-refractivity contribution is -0.126. The molecule has 2 aromatic rings. The molecule has 1 atom stereocenters. The quantitative estimate of drug-likeness (QED) is 0.875. The van der Waals surface area contributed by atoms with Gasteiger partial charge in [0.15, 0.2) is 6.10 Å². The number of ether oxygens (including phenoxy) is 1. The largest absolute Gasteiger partial charge is 0.481 e. The number of amides is 3. The molecule has 134 valence electrons. The maximum atomic E-state index is 11.8. The Bertz CT molecular complexity index is 748. The molecule has 2 N–H and O–H groups in total. The summed E-state index contributed by atoms with van der Waals surface area (Å²) < 4.78 is 5.56. The maximum absolute atomic E-state index is 11.8. The summed E-state index contributed by atoms with van der Waals surface area (Å²) in [6.07, 6.45) is -0.782. The Kier molecular flexibility index (Phi) is 5.79. The SMILES string of the molecule is CNC(=O)NC(=O)[C@@H](C)Oc1ccc(-c2nc(C(C)(C)C)cs2)cc1. The molecule has 0 aliphatic carbocycles. The second-order valence-electron chi connectivity index (χ2n) is 6.64. The summed E-state index contributed by atoms with van der Waals surface area (Å²) in [5, 5.41) is 7.52. The predicted octanol–water partition coefficient (Wildman–Crippen LogP) is 3.33. The van der Waals surface area contributed by atoms with Crippen LogP contribution >= 0.6 is 11.3 Å². The lowest BCUT2D eigenvalue weighted by Crippen LogP contribution is -2.43. The first-order valence-electron chi connectivity index (χ1n) is 7.96. The van der Waals surface area contributed by atoms with Crippen molar-refractivity contribution in [3.8, 4) is 16.3 Å². The second kappa shape index (κ2) is 7.65. The van der Waals surface area contributed by atoms with Gasteiger partial charge in [0.05, 0.1) is 5.69 Å². The molecule has 7 heteroatoms. The van der Waals surface area contributed by atoms with Crippen LogP contribution in [0.25, 0.3) is 10.6 Å². The van der Waals surface area contributed by atoms with E-state index in [1.165, 1.54) is 7.05 Å². The first-order valence-corrected chi connectivity index (χ1v) is 8.84. The topological polar surface area (TPSA) is 80.3 Å². The molecular weight excluding hydrogens is 338 g/mol. The van der Waals surface area contributed by atoms with Crippen LogP contribution in [0.1, 0.15) is 33.4 Å². The normalized spacial score (nSPS) is 12.4. The number of hydrogen-bond donors (Lipinski definition) is 2. The fourth-order valence-corrected chi connectivity index (χ4v) is 3.01. The zero-order valence-electron chi connectivity index (χ0n) is 15.0. The maximum Gasteiger partial charge on any atom is 0.321 e. The molecule has 0 aliphatic heterocycles. The zero-order valence-corrected chi connectivity index (χ0v) is 15.9. The van der Waals surface area contributed by atoms with Crippen molar-refractivity contribution < 1.29 is 14.3 Å². The number of nitrogens with zero attached hydrogens (tertiary/aromatic N) is 1. The van der Waals surface area contributed by atoms with Crippen molar-refractivity contribution in [3.05, 3.63) is 35.3 Å². The third kappa shape index (κ3) is 5.03. The van der Waals surface area contributed by atoms with E-state index in [4.69, 9.17) is 4.74 Å². The number of carbonyl (C=O) groups is 2. The highest BCUT2D eigenvalue weighted by atomic mass is 32.1. The summed E-state index contributed by atoms with van der Waals surface area (Å²) in [4.78, 5) is 27.6. The van der Waals surface area contributed by atoms with Gasteiger partial charge >= 0.3 is 6.03 Å². The zero-order chi connectivity index (χ0) is 18.6. The van der Waals surface area contributed by atoms with Gasteiger partial charge in [-0.05, 0) is 31.2 Å². The number of hydrogen-bond acceptors (Lipinski definition) is 5. The van der Waals surface area contributed by atoms with Crippen LogP contribution in [-0.4, -0.2) is 30.1 Å². The predicted molar refractivity (Wildman–Crippen MR) is 98.9 cm³/mol. The van der Waals surface area contributed by atoms with Gasteiger partial charge in [-0.3, -0.25) is 10.1 Å². The average Bonchev–Trinajstić information content (AvgIpc) is 3.05. The van der Waals surface area contributed by atoms with Crippen LogP contribution in [-0.2, 0) is 10.2 Å². The van der Waals surface area contributed by atoms with Crippen LogP contribution in [0.3, 0.4) is 0 Å². The smallest absolute Gasteiger partial charge is 0.321 e. The fourth-order valence-electron chi connectivity index (χ4n) is 1.96. The molecule has 0 saturated heterocycles. The van der Waals surface area contributed by atoms with Crippen molar-refractivity contribution in [3.63, 3.8) is 0 Å². The summed E-state index contributed by atoms with van der Waals surface area (Å²) in [5.74, 6) is 0.0501. The van der Waals surface area contributed by atoms with Crippen molar-refractivity contribution in [2.75, 3.05) is 7.05 Å². The van der Waals surface area contributed by atoms with Crippen LogP contribution in [0.15, 0.2) is 29.6 Å². The molecule has 1 aromatic heterocycles. The van der Waals surface area contributed by atoms with Crippen LogP contribution in [0.5, 0.6) is 5.75 Å². The number of rotatable bonds is 4.